The molecule has 2 rings (SSSR count). The standard InChI is InChI=1S/C9H10N4/c1-5-12-7-3-2-6(9(10)11)4-8(7)13-5/h2-4H,1H3,(H3,10,11)(H,12,13). The molecule has 0 unspecified atom stereocenters. The van der Waals surface area contributed by atoms with Crippen molar-refractivity contribution in [3.05, 3.63) is 29.6 Å². The van der Waals surface area contributed by atoms with Crippen LogP contribution in [0.15, 0.2) is 18.2 Å². The molecule has 1 aromatic carbocycles. The van der Waals surface area contributed by atoms with Gasteiger partial charge < -0.3 is 10.7 Å². The molecule has 0 spiro atoms. The summed E-state index contributed by atoms with van der Waals surface area (Å²) >= 11 is 0. The van der Waals surface area contributed by atoms with Crippen LogP contribution in [0.25, 0.3) is 11.0 Å². The van der Waals surface area contributed by atoms with Crippen molar-refractivity contribution in [1.29, 1.82) is 5.41 Å². The van der Waals surface area contributed by atoms with Gasteiger partial charge in [0.05, 0.1) is 11.0 Å². The maximum atomic E-state index is 7.26. The smallest absolute Gasteiger partial charge is 0.122 e. The molecule has 66 valence electrons. The molecule has 0 fully saturated rings. The molecular formula is C9H10N4. The molecule has 4 heteroatoms. The minimum Gasteiger partial charge on any atom is -0.384 e. The molecule has 0 amide bonds. The zero-order valence-corrected chi connectivity index (χ0v) is 7.26. The van der Waals surface area contributed by atoms with Crippen LogP contribution in [0.3, 0.4) is 0 Å². The minimum atomic E-state index is 0.0779. The minimum absolute atomic E-state index is 0.0779. The second-order valence-corrected chi connectivity index (χ2v) is 2.97. The van der Waals surface area contributed by atoms with Crippen molar-refractivity contribution in [2.24, 2.45) is 5.73 Å². The van der Waals surface area contributed by atoms with E-state index >= 15 is 0 Å². The number of hydrogen-bond acceptors (Lipinski definition) is 2. The zero-order valence-electron chi connectivity index (χ0n) is 7.26. The van der Waals surface area contributed by atoms with E-state index in [0.717, 1.165) is 22.4 Å². The molecule has 4 N–H and O–H groups in total. The number of nitrogen functional groups attached to an aromatic ring is 1. The fraction of sp³-hybridized carbons (Fsp3) is 0.111. The van der Waals surface area contributed by atoms with Crippen LogP contribution in [0, 0.1) is 12.3 Å². The van der Waals surface area contributed by atoms with E-state index in [1.54, 1.807) is 6.07 Å². The van der Waals surface area contributed by atoms with E-state index in [2.05, 4.69) is 9.97 Å². The number of hydrogen-bond donors (Lipinski definition) is 3. The highest BCUT2D eigenvalue weighted by molar-refractivity contribution is 5.97. The summed E-state index contributed by atoms with van der Waals surface area (Å²) in [5, 5.41) is 7.26. The monoisotopic (exact) mass is 174 g/mol. The average molecular weight is 174 g/mol. The van der Waals surface area contributed by atoms with E-state index in [4.69, 9.17) is 11.1 Å². The van der Waals surface area contributed by atoms with Gasteiger partial charge >= 0.3 is 0 Å². The summed E-state index contributed by atoms with van der Waals surface area (Å²) in [5.74, 6) is 0.949. The maximum absolute atomic E-state index is 7.26. The number of aromatic amines is 1. The predicted octanol–water partition coefficient (Wildman–Crippen LogP) is 1.16. The lowest BCUT2D eigenvalue weighted by Gasteiger charge is -1.96. The normalized spacial score (nSPS) is 10.5. The third-order valence-corrected chi connectivity index (χ3v) is 1.91. The van der Waals surface area contributed by atoms with Gasteiger partial charge in [-0.15, -0.1) is 0 Å². The van der Waals surface area contributed by atoms with Crippen LogP contribution in [0.1, 0.15) is 11.4 Å². The Labute approximate surface area is 75.3 Å². The second kappa shape index (κ2) is 2.58. The molecule has 0 saturated carbocycles. The first-order chi connectivity index (χ1) is 6.16. The van der Waals surface area contributed by atoms with Crippen LogP contribution in [0.4, 0.5) is 0 Å². The summed E-state index contributed by atoms with van der Waals surface area (Å²) in [6.45, 7) is 1.90. The number of amidine groups is 1. The number of nitrogens with two attached hydrogens (primary N) is 1. The lowest BCUT2D eigenvalue weighted by molar-refractivity contribution is 1.17. The molecule has 0 aliphatic rings. The Bertz CT molecular complexity index is 469. The fourth-order valence-corrected chi connectivity index (χ4v) is 1.30. The van der Waals surface area contributed by atoms with E-state index in [-0.39, 0.29) is 5.84 Å². The van der Waals surface area contributed by atoms with Crippen molar-refractivity contribution in [2.75, 3.05) is 0 Å². The van der Waals surface area contributed by atoms with Gasteiger partial charge in [0.1, 0.15) is 11.7 Å². The van der Waals surface area contributed by atoms with E-state index in [1.165, 1.54) is 0 Å². The SMILES string of the molecule is Cc1nc2ccc(C(=N)N)cc2[nH]1. The molecule has 0 atom stereocenters. The number of aromatic nitrogens is 2. The van der Waals surface area contributed by atoms with Crippen LogP contribution < -0.4 is 5.73 Å². The third kappa shape index (κ3) is 1.26. The number of nitrogens with zero attached hydrogens (tertiary/aromatic N) is 1. The van der Waals surface area contributed by atoms with Gasteiger partial charge in [0.15, 0.2) is 0 Å². The van der Waals surface area contributed by atoms with E-state index < -0.39 is 0 Å². The number of H-pyrrole nitrogens is 1. The first-order valence-electron chi connectivity index (χ1n) is 3.97. The number of nitrogens with one attached hydrogen (secondary N) is 2. The van der Waals surface area contributed by atoms with Crippen LogP contribution in [0.2, 0.25) is 0 Å². The highest BCUT2D eigenvalue weighted by Gasteiger charge is 2.01. The fourth-order valence-electron chi connectivity index (χ4n) is 1.30. The maximum Gasteiger partial charge on any atom is 0.122 e. The average Bonchev–Trinajstić information content (AvgIpc) is 2.42. The largest absolute Gasteiger partial charge is 0.384 e. The summed E-state index contributed by atoms with van der Waals surface area (Å²) in [5.41, 5.74) is 7.91. The van der Waals surface area contributed by atoms with Gasteiger partial charge in [-0.1, -0.05) is 0 Å². The Morgan fingerprint density at radius 2 is 2.31 bits per heavy atom. The molecule has 0 aliphatic heterocycles. The van der Waals surface area contributed by atoms with E-state index in [1.807, 2.05) is 19.1 Å². The lowest BCUT2D eigenvalue weighted by atomic mass is 10.2. The van der Waals surface area contributed by atoms with Gasteiger partial charge in [-0.2, -0.15) is 0 Å². The van der Waals surface area contributed by atoms with Crippen LogP contribution in [0.5, 0.6) is 0 Å². The molecule has 0 aliphatic carbocycles. The van der Waals surface area contributed by atoms with E-state index in [9.17, 15) is 0 Å². The van der Waals surface area contributed by atoms with Crippen LogP contribution in [-0.2, 0) is 0 Å². The summed E-state index contributed by atoms with van der Waals surface area (Å²) < 4.78 is 0. The molecule has 2 aromatic rings. The Morgan fingerprint density at radius 1 is 1.54 bits per heavy atom. The van der Waals surface area contributed by atoms with Gasteiger partial charge in [-0.05, 0) is 25.1 Å². The van der Waals surface area contributed by atoms with Crippen molar-refractivity contribution < 1.29 is 0 Å². The van der Waals surface area contributed by atoms with E-state index in [0.29, 0.717) is 0 Å². The molecule has 1 aromatic heterocycles. The van der Waals surface area contributed by atoms with Crippen molar-refractivity contribution >= 4 is 16.9 Å². The van der Waals surface area contributed by atoms with Gasteiger partial charge in [0.25, 0.3) is 0 Å². The second-order valence-electron chi connectivity index (χ2n) is 2.97. The lowest BCUT2D eigenvalue weighted by Crippen LogP contribution is -2.10. The van der Waals surface area contributed by atoms with Crippen molar-refractivity contribution in [3.63, 3.8) is 0 Å². The number of aryl methyl sites for hydroxylation is 1. The third-order valence-electron chi connectivity index (χ3n) is 1.91. The molecule has 13 heavy (non-hydrogen) atoms. The van der Waals surface area contributed by atoms with Gasteiger partial charge in [0.2, 0.25) is 0 Å². The van der Waals surface area contributed by atoms with Gasteiger partial charge in [-0.25, -0.2) is 4.98 Å². The summed E-state index contributed by atoms with van der Waals surface area (Å²) in [4.78, 5) is 7.34. The first kappa shape index (κ1) is 7.79. The highest BCUT2D eigenvalue weighted by Crippen LogP contribution is 2.12. The topological polar surface area (TPSA) is 78.6 Å². The first-order valence-corrected chi connectivity index (χ1v) is 3.97. The molecule has 0 bridgehead atoms. The van der Waals surface area contributed by atoms with Gasteiger partial charge in [-0.3, -0.25) is 5.41 Å². The molecule has 4 nitrogen and oxygen atoms in total. The number of fused-ring (bicyclic) bond motifs is 1. The molecule has 0 radical (unpaired) electrons. The highest BCUT2D eigenvalue weighted by atomic mass is 14.9. The Hall–Kier alpha value is -1.84. The summed E-state index contributed by atoms with van der Waals surface area (Å²) in [6, 6.07) is 5.48. The Balaban J connectivity index is 2.67. The quantitative estimate of drug-likeness (QED) is 0.448. The van der Waals surface area contributed by atoms with Crippen molar-refractivity contribution in [1.82, 2.24) is 9.97 Å². The van der Waals surface area contributed by atoms with Crippen molar-refractivity contribution in [3.8, 4) is 0 Å². The van der Waals surface area contributed by atoms with Crippen LogP contribution in [-0.4, -0.2) is 15.8 Å². The molecular weight excluding hydrogens is 164 g/mol. The zero-order chi connectivity index (χ0) is 9.42. The van der Waals surface area contributed by atoms with Crippen molar-refractivity contribution in [2.45, 2.75) is 6.92 Å². The Morgan fingerprint density at radius 3 is 3.00 bits per heavy atom. The Kier molecular flexibility index (Phi) is 1.55. The predicted molar refractivity (Wildman–Crippen MR) is 51.8 cm³/mol. The van der Waals surface area contributed by atoms with Gasteiger partial charge in [0, 0.05) is 5.56 Å². The molecule has 0 saturated heterocycles. The summed E-state index contributed by atoms with van der Waals surface area (Å²) in [6.07, 6.45) is 0. The summed E-state index contributed by atoms with van der Waals surface area (Å²) in [7, 11) is 0. The number of rotatable bonds is 1. The number of benzene rings is 1. The van der Waals surface area contributed by atoms with Crippen LogP contribution >= 0.6 is 0 Å². The molecule has 1 heterocycles. The number of imidazole rings is 1.